The summed E-state index contributed by atoms with van der Waals surface area (Å²) >= 11 is 21.3. The van der Waals surface area contributed by atoms with Crippen LogP contribution in [0.3, 0.4) is 0 Å². The Kier molecular flexibility index (Phi) is 5.85. The Morgan fingerprint density at radius 3 is 2.60 bits per heavy atom. The van der Waals surface area contributed by atoms with E-state index in [1.165, 1.54) is 0 Å². The topological polar surface area (TPSA) is 21.3 Å². The van der Waals surface area contributed by atoms with Crippen LogP contribution in [-0.2, 0) is 0 Å². The van der Waals surface area contributed by atoms with Crippen LogP contribution in [0.5, 0.6) is 5.75 Å². The molecule has 2 rings (SSSR count). The zero-order valence-corrected chi connectivity index (χ0v) is 14.2. The predicted molar refractivity (Wildman–Crippen MR) is 89.6 cm³/mol. The number of rotatable bonds is 5. The number of benzene rings is 2. The van der Waals surface area contributed by atoms with E-state index in [1.54, 1.807) is 12.1 Å². The monoisotopic (exact) mass is 393 g/mol. The maximum atomic E-state index is 6.07. The molecule has 0 radical (unpaired) electrons. The molecule has 0 aliphatic rings. The molecule has 0 spiro atoms. The van der Waals surface area contributed by atoms with Gasteiger partial charge < -0.3 is 10.1 Å². The molecule has 0 atom stereocenters. The zero-order chi connectivity index (χ0) is 14.5. The molecule has 0 aliphatic heterocycles. The summed E-state index contributed by atoms with van der Waals surface area (Å²) < 4.78 is 6.34. The van der Waals surface area contributed by atoms with Crippen LogP contribution < -0.4 is 10.1 Å². The molecule has 0 saturated heterocycles. The van der Waals surface area contributed by atoms with Crippen LogP contribution in [0.2, 0.25) is 15.1 Å². The summed E-state index contributed by atoms with van der Waals surface area (Å²) in [5.74, 6) is 0.563. The van der Waals surface area contributed by atoms with Gasteiger partial charge in [-0.25, -0.2) is 0 Å². The minimum absolute atomic E-state index is 0.462. The van der Waals surface area contributed by atoms with Gasteiger partial charge >= 0.3 is 0 Å². The summed E-state index contributed by atoms with van der Waals surface area (Å²) in [6.07, 6.45) is 0. The van der Waals surface area contributed by atoms with Gasteiger partial charge in [0.05, 0.1) is 10.0 Å². The van der Waals surface area contributed by atoms with Crippen LogP contribution in [0.15, 0.2) is 40.9 Å². The quantitative estimate of drug-likeness (QED) is 0.503. The van der Waals surface area contributed by atoms with Gasteiger partial charge in [-0.3, -0.25) is 0 Å². The van der Waals surface area contributed by atoms with Gasteiger partial charge in [0.15, 0.2) is 0 Å². The number of hydrogen-bond donors (Lipinski definition) is 1. The minimum atomic E-state index is 0.462. The van der Waals surface area contributed by atoms with Crippen LogP contribution >= 0.6 is 50.7 Å². The molecule has 0 amide bonds. The van der Waals surface area contributed by atoms with Gasteiger partial charge in [0.1, 0.15) is 12.4 Å². The fraction of sp³-hybridized carbons (Fsp3) is 0.143. The molecule has 2 aromatic carbocycles. The number of anilines is 1. The Morgan fingerprint density at radius 2 is 1.85 bits per heavy atom. The first-order valence-corrected chi connectivity index (χ1v) is 7.76. The van der Waals surface area contributed by atoms with E-state index < -0.39 is 0 Å². The maximum absolute atomic E-state index is 6.07. The Hall–Kier alpha value is -0.610. The molecule has 106 valence electrons. The van der Waals surface area contributed by atoms with Crippen LogP contribution in [0.25, 0.3) is 0 Å². The van der Waals surface area contributed by atoms with Crippen LogP contribution in [0, 0.1) is 0 Å². The standard InChI is InChI=1S/C14H11BrCl3NO/c15-11-7-13(18)14(8-12(11)17)20-5-4-19-10-3-1-2-9(16)6-10/h1-3,6-8,19H,4-5H2. The molecule has 0 aliphatic carbocycles. The van der Waals surface area contributed by atoms with Crippen molar-refractivity contribution in [2.45, 2.75) is 0 Å². The number of hydrogen-bond acceptors (Lipinski definition) is 2. The lowest BCUT2D eigenvalue weighted by Gasteiger charge is -2.11. The fourth-order valence-electron chi connectivity index (χ4n) is 1.57. The molecule has 0 fully saturated rings. The van der Waals surface area contributed by atoms with Crippen molar-refractivity contribution >= 4 is 56.4 Å². The second-order valence-corrected chi connectivity index (χ2v) is 6.09. The SMILES string of the molecule is Clc1cccc(NCCOc2cc(Cl)c(Br)cc2Cl)c1. The van der Waals surface area contributed by atoms with Crippen molar-refractivity contribution in [1.82, 2.24) is 0 Å². The van der Waals surface area contributed by atoms with E-state index in [0.717, 1.165) is 10.2 Å². The smallest absolute Gasteiger partial charge is 0.139 e. The highest BCUT2D eigenvalue weighted by atomic mass is 79.9. The summed E-state index contributed by atoms with van der Waals surface area (Å²) in [7, 11) is 0. The van der Waals surface area contributed by atoms with Gasteiger partial charge in [0, 0.05) is 27.8 Å². The van der Waals surface area contributed by atoms with Gasteiger partial charge in [-0.05, 0) is 40.2 Å². The first kappa shape index (κ1) is 15.8. The summed E-state index contributed by atoms with van der Waals surface area (Å²) in [6, 6.07) is 10.9. The molecule has 0 bridgehead atoms. The van der Waals surface area contributed by atoms with E-state index in [9.17, 15) is 0 Å². The average molecular weight is 396 g/mol. The van der Waals surface area contributed by atoms with Crippen LogP contribution in [0.1, 0.15) is 0 Å². The van der Waals surface area contributed by atoms with Crippen molar-refractivity contribution in [3.8, 4) is 5.75 Å². The van der Waals surface area contributed by atoms with E-state index in [0.29, 0.717) is 34.0 Å². The van der Waals surface area contributed by atoms with E-state index in [2.05, 4.69) is 21.2 Å². The van der Waals surface area contributed by atoms with E-state index in [-0.39, 0.29) is 0 Å². The Bertz CT molecular complexity index is 607. The highest BCUT2D eigenvalue weighted by molar-refractivity contribution is 9.10. The van der Waals surface area contributed by atoms with Gasteiger partial charge in [0.2, 0.25) is 0 Å². The van der Waals surface area contributed by atoms with Crippen molar-refractivity contribution < 1.29 is 4.74 Å². The van der Waals surface area contributed by atoms with Crippen molar-refractivity contribution in [3.05, 3.63) is 55.9 Å². The Balaban J connectivity index is 1.86. The normalized spacial score (nSPS) is 10.4. The third-order valence-corrected chi connectivity index (χ3v) is 4.22. The first-order valence-electron chi connectivity index (χ1n) is 5.83. The highest BCUT2D eigenvalue weighted by Gasteiger charge is 2.06. The van der Waals surface area contributed by atoms with Gasteiger partial charge in [-0.1, -0.05) is 40.9 Å². The molecule has 0 unspecified atom stereocenters. The predicted octanol–water partition coefficient (Wildman–Crippen LogP) is 5.90. The van der Waals surface area contributed by atoms with Crippen molar-refractivity contribution in [2.24, 2.45) is 0 Å². The fourth-order valence-corrected chi connectivity index (χ4v) is 2.61. The van der Waals surface area contributed by atoms with Crippen LogP contribution in [-0.4, -0.2) is 13.2 Å². The lowest BCUT2D eigenvalue weighted by Crippen LogP contribution is -2.11. The second kappa shape index (κ2) is 7.41. The molecule has 6 heteroatoms. The molecule has 0 heterocycles. The molecular formula is C14H11BrCl3NO. The van der Waals surface area contributed by atoms with Crippen LogP contribution in [0.4, 0.5) is 5.69 Å². The number of nitrogens with one attached hydrogen (secondary N) is 1. The zero-order valence-electron chi connectivity index (χ0n) is 10.3. The lowest BCUT2D eigenvalue weighted by molar-refractivity contribution is 0.333. The maximum Gasteiger partial charge on any atom is 0.139 e. The van der Waals surface area contributed by atoms with Gasteiger partial charge in [-0.15, -0.1) is 0 Å². The summed E-state index contributed by atoms with van der Waals surface area (Å²) in [5, 5.41) is 4.98. The van der Waals surface area contributed by atoms with Crippen molar-refractivity contribution in [1.29, 1.82) is 0 Å². The van der Waals surface area contributed by atoms with E-state index >= 15 is 0 Å². The average Bonchev–Trinajstić information content (AvgIpc) is 2.40. The third-order valence-electron chi connectivity index (χ3n) is 2.49. The van der Waals surface area contributed by atoms with Crippen molar-refractivity contribution in [3.63, 3.8) is 0 Å². The van der Waals surface area contributed by atoms with Crippen molar-refractivity contribution in [2.75, 3.05) is 18.5 Å². The molecule has 2 aromatic rings. The number of halogens is 4. The Morgan fingerprint density at radius 1 is 1.05 bits per heavy atom. The van der Waals surface area contributed by atoms with E-state index in [1.807, 2.05) is 24.3 Å². The first-order chi connectivity index (χ1) is 9.56. The van der Waals surface area contributed by atoms with E-state index in [4.69, 9.17) is 39.5 Å². The molecule has 1 N–H and O–H groups in total. The minimum Gasteiger partial charge on any atom is -0.490 e. The molecule has 20 heavy (non-hydrogen) atoms. The molecular weight excluding hydrogens is 384 g/mol. The lowest BCUT2D eigenvalue weighted by atomic mass is 10.3. The molecule has 0 aromatic heterocycles. The second-order valence-electron chi connectivity index (χ2n) is 3.98. The third kappa shape index (κ3) is 4.45. The summed E-state index contributed by atoms with van der Waals surface area (Å²) in [6.45, 7) is 1.09. The number of ether oxygens (including phenoxy) is 1. The van der Waals surface area contributed by atoms with Gasteiger partial charge in [-0.2, -0.15) is 0 Å². The van der Waals surface area contributed by atoms with Gasteiger partial charge in [0.25, 0.3) is 0 Å². The largest absolute Gasteiger partial charge is 0.490 e. The molecule has 0 saturated carbocycles. The Labute approximate surface area is 141 Å². The molecule has 2 nitrogen and oxygen atoms in total. The summed E-state index contributed by atoms with van der Waals surface area (Å²) in [4.78, 5) is 0. The summed E-state index contributed by atoms with van der Waals surface area (Å²) in [5.41, 5.74) is 0.945. The highest BCUT2D eigenvalue weighted by Crippen LogP contribution is 2.33.